The normalized spacial score (nSPS) is 23.1. The average molecular weight is 668 g/mol. The first-order valence-corrected chi connectivity index (χ1v) is 15.9. The van der Waals surface area contributed by atoms with Crippen molar-refractivity contribution in [1.82, 2.24) is 25.1 Å². The average Bonchev–Trinajstić information content (AvgIpc) is 3.67. The number of nitrogens with two attached hydrogens (primary N) is 1. The molecule has 3 unspecified atom stereocenters. The summed E-state index contributed by atoms with van der Waals surface area (Å²) < 4.78 is 52.5. The van der Waals surface area contributed by atoms with E-state index in [1.807, 2.05) is 30.0 Å². The highest BCUT2D eigenvalue weighted by Crippen LogP contribution is 2.46. The second-order valence-electron chi connectivity index (χ2n) is 13.4. The number of nitrogens with zero attached hydrogens (tertiary/aromatic N) is 5. The molecule has 0 saturated carbocycles. The molecular formula is C34H40F3N7O4. The summed E-state index contributed by atoms with van der Waals surface area (Å²) in [5, 5.41) is 26.9. The number of hydrogen-bond acceptors (Lipinski definition) is 9. The fourth-order valence-corrected chi connectivity index (χ4v) is 7.18. The molecule has 2 aliphatic heterocycles. The maximum absolute atomic E-state index is 15.1. The molecule has 14 heteroatoms. The van der Waals surface area contributed by atoms with Crippen molar-refractivity contribution in [1.29, 1.82) is 0 Å². The minimum Gasteiger partial charge on any atom is -0.480 e. The van der Waals surface area contributed by atoms with Crippen LogP contribution < -0.4 is 20.7 Å². The molecule has 2 fully saturated rings. The van der Waals surface area contributed by atoms with Crippen molar-refractivity contribution in [3.63, 3.8) is 0 Å². The summed E-state index contributed by atoms with van der Waals surface area (Å²) >= 11 is 0. The number of piperidine rings is 1. The Hall–Kier alpha value is -4.43. The second kappa shape index (κ2) is 12.5. The van der Waals surface area contributed by atoms with Gasteiger partial charge >= 0.3 is 12.1 Å². The number of hydrogen-bond donors (Lipinski definition) is 4. The van der Waals surface area contributed by atoms with Crippen LogP contribution in [0.3, 0.4) is 0 Å². The molecule has 1 aromatic carbocycles. The third kappa shape index (κ3) is 6.50. The number of allylic oxidation sites excluding steroid dienone is 3. The zero-order chi connectivity index (χ0) is 34.4. The van der Waals surface area contributed by atoms with E-state index in [4.69, 9.17) is 10.5 Å². The largest absolute Gasteiger partial charge is 0.480 e. The first-order chi connectivity index (χ1) is 22.7. The van der Waals surface area contributed by atoms with Crippen molar-refractivity contribution in [3.05, 3.63) is 76.6 Å². The van der Waals surface area contributed by atoms with Crippen molar-refractivity contribution in [2.75, 3.05) is 30.3 Å². The highest BCUT2D eigenvalue weighted by Gasteiger charge is 2.52. The number of aliphatic carboxylic acids is 1. The van der Waals surface area contributed by atoms with Gasteiger partial charge in [0.15, 0.2) is 0 Å². The molecule has 0 bridgehead atoms. The molecule has 3 aliphatic rings. The van der Waals surface area contributed by atoms with Crippen LogP contribution in [0.25, 0.3) is 5.57 Å². The lowest BCUT2D eigenvalue weighted by Gasteiger charge is -2.40. The van der Waals surface area contributed by atoms with Crippen molar-refractivity contribution in [3.8, 4) is 5.88 Å². The molecule has 2 saturated heterocycles. The number of carboxylic acids is 1. The number of rotatable bonds is 8. The number of benzene rings is 1. The molecule has 6 rings (SSSR count). The Morgan fingerprint density at radius 2 is 1.92 bits per heavy atom. The van der Waals surface area contributed by atoms with Gasteiger partial charge in [0.2, 0.25) is 17.9 Å². The molecular weight excluding hydrogens is 627 g/mol. The van der Waals surface area contributed by atoms with E-state index in [9.17, 15) is 15.0 Å². The van der Waals surface area contributed by atoms with E-state index >= 15 is 13.2 Å². The monoisotopic (exact) mass is 667 g/mol. The van der Waals surface area contributed by atoms with Gasteiger partial charge in [-0.2, -0.15) is 28.2 Å². The number of carboxylic acid groups (broad SMARTS) is 1. The highest BCUT2D eigenvalue weighted by molar-refractivity contribution is 5.74. The molecule has 3 atom stereocenters. The number of aromatic nitrogens is 4. The van der Waals surface area contributed by atoms with Gasteiger partial charge in [0.25, 0.3) is 0 Å². The van der Waals surface area contributed by atoms with Crippen molar-refractivity contribution in [2.45, 2.75) is 76.9 Å². The molecule has 5 N–H and O–H groups in total. The number of ether oxygens (including phenoxy) is 1. The van der Waals surface area contributed by atoms with Crippen LogP contribution in [0, 0.1) is 19.3 Å². The number of halogens is 3. The fraction of sp³-hybridized carbons (Fsp3) is 0.471. The molecule has 48 heavy (non-hydrogen) atoms. The van der Waals surface area contributed by atoms with Crippen LogP contribution in [0.15, 0.2) is 54.3 Å². The number of alkyl halides is 3. The lowest BCUT2D eigenvalue weighted by Crippen LogP contribution is -2.47. The van der Waals surface area contributed by atoms with Gasteiger partial charge in [-0.3, -0.25) is 9.48 Å². The Balaban J connectivity index is 1.32. The minimum atomic E-state index is -4.83. The fourth-order valence-electron chi connectivity index (χ4n) is 7.18. The molecule has 1 aliphatic carbocycles. The van der Waals surface area contributed by atoms with E-state index < -0.39 is 29.8 Å². The summed E-state index contributed by atoms with van der Waals surface area (Å²) in [5.41, 5.74) is 8.40. The number of aliphatic hydroxyl groups is 1. The maximum atomic E-state index is 15.1. The van der Waals surface area contributed by atoms with Gasteiger partial charge in [-0.15, -0.1) is 0 Å². The number of nitrogen functional groups attached to an aromatic ring is 1. The Bertz CT molecular complexity index is 1760. The lowest BCUT2D eigenvalue weighted by atomic mass is 9.76. The van der Waals surface area contributed by atoms with Crippen molar-refractivity contribution in [2.24, 2.45) is 5.41 Å². The summed E-state index contributed by atoms with van der Waals surface area (Å²) in [6.07, 6.45) is -0.361. The van der Waals surface area contributed by atoms with E-state index in [1.165, 1.54) is 12.1 Å². The molecule has 0 radical (unpaired) electrons. The highest BCUT2D eigenvalue weighted by atomic mass is 19.4. The SMILES string of the molecule is Cc1ccn(C2(C)CC(c3ccc(C)c(CO)c3)=CC=C2C(Oc2cc(N3CCC4(CC3)CNC(C(=O)O)C4)nc(N)n2)C(F)(F)F)n1. The Morgan fingerprint density at radius 3 is 2.54 bits per heavy atom. The second-order valence-corrected chi connectivity index (χ2v) is 13.4. The molecule has 4 heterocycles. The van der Waals surface area contributed by atoms with Crippen LogP contribution in [-0.4, -0.2) is 73.9 Å². The first-order valence-electron chi connectivity index (χ1n) is 15.9. The number of nitrogens with one attached hydrogen (secondary N) is 1. The van der Waals surface area contributed by atoms with Crippen molar-refractivity contribution >= 4 is 23.3 Å². The molecule has 1 spiro atoms. The van der Waals surface area contributed by atoms with Crippen molar-refractivity contribution < 1.29 is 32.9 Å². The molecule has 0 amide bonds. The van der Waals surface area contributed by atoms with Gasteiger partial charge in [0.05, 0.1) is 17.8 Å². The Kier molecular flexibility index (Phi) is 8.75. The van der Waals surface area contributed by atoms with Crippen LogP contribution in [0.5, 0.6) is 5.88 Å². The Morgan fingerprint density at radius 1 is 1.17 bits per heavy atom. The van der Waals surface area contributed by atoms with E-state index in [0.29, 0.717) is 50.4 Å². The number of carbonyl (C=O) groups is 1. The van der Waals surface area contributed by atoms with E-state index in [1.54, 1.807) is 36.9 Å². The molecule has 2 aromatic heterocycles. The van der Waals surface area contributed by atoms with Gasteiger partial charge in [-0.25, -0.2) is 0 Å². The predicted octanol–water partition coefficient (Wildman–Crippen LogP) is 4.54. The van der Waals surface area contributed by atoms with Gasteiger partial charge in [0.1, 0.15) is 11.9 Å². The van der Waals surface area contributed by atoms with Crippen LogP contribution in [0.1, 0.15) is 55.0 Å². The standard InChI is InChI=1S/C34H40F3N7O4/c1-20-4-5-22(14-24(20)18-45)23-6-7-25(32(3,16-23)44-11-8-21(2)42-44)29(34(35,36)37)48-28-15-27(40-31(38)41-28)43-12-9-33(10-13-43)17-26(30(46)47)39-19-33/h4-8,11,14-15,26,29,39,45H,9-10,12-13,16-19H2,1-3H3,(H,46,47)(H2,38,40,41). The minimum absolute atomic E-state index is 0.0586. The zero-order valence-corrected chi connectivity index (χ0v) is 27.1. The van der Waals surface area contributed by atoms with Gasteiger partial charge < -0.3 is 30.9 Å². The summed E-state index contributed by atoms with van der Waals surface area (Å²) in [6.45, 7) is 6.86. The quantitative estimate of drug-likeness (QED) is 0.270. The summed E-state index contributed by atoms with van der Waals surface area (Å²) in [4.78, 5) is 21.7. The molecule has 3 aromatic rings. The number of aryl methyl sites for hydroxylation is 2. The van der Waals surface area contributed by atoms with Gasteiger partial charge in [0, 0.05) is 43.9 Å². The number of aliphatic hydroxyl groups excluding tert-OH is 1. The zero-order valence-electron chi connectivity index (χ0n) is 27.1. The third-order valence-corrected chi connectivity index (χ3v) is 10.1. The molecule has 11 nitrogen and oxygen atoms in total. The van der Waals surface area contributed by atoms with Crippen LogP contribution >= 0.6 is 0 Å². The number of anilines is 2. The van der Waals surface area contributed by atoms with Gasteiger partial charge in [-0.05, 0) is 79.8 Å². The predicted molar refractivity (Wildman–Crippen MR) is 173 cm³/mol. The van der Waals surface area contributed by atoms with E-state index in [2.05, 4.69) is 20.4 Å². The van der Waals surface area contributed by atoms with E-state index in [-0.39, 0.29) is 35.8 Å². The first kappa shape index (κ1) is 33.5. The summed E-state index contributed by atoms with van der Waals surface area (Å²) in [7, 11) is 0. The third-order valence-electron chi connectivity index (χ3n) is 10.1. The summed E-state index contributed by atoms with van der Waals surface area (Å²) in [5.74, 6) is -1.06. The van der Waals surface area contributed by atoms with Gasteiger partial charge in [-0.1, -0.05) is 24.3 Å². The van der Waals surface area contributed by atoms with Crippen LogP contribution in [0.2, 0.25) is 0 Å². The van der Waals surface area contributed by atoms with Crippen LogP contribution in [0.4, 0.5) is 24.9 Å². The maximum Gasteiger partial charge on any atom is 0.429 e. The topological polar surface area (TPSA) is 152 Å². The Labute approximate surface area is 276 Å². The summed E-state index contributed by atoms with van der Waals surface area (Å²) in [6, 6.07) is 8.17. The lowest BCUT2D eigenvalue weighted by molar-refractivity contribution is -0.187. The molecule has 256 valence electrons. The smallest absolute Gasteiger partial charge is 0.429 e. The van der Waals surface area contributed by atoms with E-state index in [0.717, 1.165) is 22.3 Å². The van der Waals surface area contributed by atoms with Crippen LogP contribution in [-0.2, 0) is 16.9 Å².